The number of halogens is 1. The molecular weight excluding hydrogens is 364 g/mol. The van der Waals surface area contributed by atoms with E-state index in [-0.39, 0.29) is 12.0 Å². The van der Waals surface area contributed by atoms with E-state index in [9.17, 15) is 4.79 Å². The van der Waals surface area contributed by atoms with Gasteiger partial charge in [-0.3, -0.25) is 4.79 Å². The third-order valence-corrected chi connectivity index (χ3v) is 4.90. The van der Waals surface area contributed by atoms with Crippen molar-refractivity contribution in [3.05, 3.63) is 58.7 Å². The molecule has 6 heteroatoms. The Labute approximate surface area is 162 Å². The second-order valence-corrected chi connectivity index (χ2v) is 7.25. The number of carbonyl (C=O) groups is 1. The van der Waals surface area contributed by atoms with Gasteiger partial charge in [-0.15, -0.1) is 0 Å². The van der Waals surface area contributed by atoms with Crippen LogP contribution in [0.3, 0.4) is 0 Å². The van der Waals surface area contributed by atoms with Crippen molar-refractivity contribution >= 4 is 34.1 Å². The fourth-order valence-electron chi connectivity index (χ4n) is 3.23. The zero-order chi connectivity index (χ0) is 18.8. The van der Waals surface area contributed by atoms with E-state index >= 15 is 0 Å². The first kappa shape index (κ1) is 17.9. The van der Waals surface area contributed by atoms with E-state index in [0.29, 0.717) is 28.8 Å². The molecule has 1 fully saturated rings. The van der Waals surface area contributed by atoms with Gasteiger partial charge in [-0.05, 0) is 61.7 Å². The van der Waals surface area contributed by atoms with Gasteiger partial charge in [-0.25, -0.2) is 0 Å². The molecule has 0 saturated carbocycles. The average molecular weight is 385 g/mol. The van der Waals surface area contributed by atoms with Crippen molar-refractivity contribution in [3.8, 4) is 5.75 Å². The number of ether oxygens (including phenoxy) is 2. The quantitative estimate of drug-likeness (QED) is 0.654. The lowest BCUT2D eigenvalue weighted by Gasteiger charge is -2.15. The van der Waals surface area contributed by atoms with Crippen LogP contribution in [0.2, 0.25) is 5.02 Å². The van der Waals surface area contributed by atoms with E-state index in [2.05, 4.69) is 10.3 Å². The third kappa shape index (κ3) is 4.10. The van der Waals surface area contributed by atoms with Crippen molar-refractivity contribution in [1.82, 2.24) is 4.98 Å². The minimum Gasteiger partial charge on any atom is -0.489 e. The van der Waals surface area contributed by atoms with Gasteiger partial charge in [-0.2, -0.15) is 0 Å². The van der Waals surface area contributed by atoms with E-state index in [1.807, 2.05) is 37.3 Å². The summed E-state index contributed by atoms with van der Waals surface area (Å²) in [6.45, 7) is 3.26. The first-order valence-corrected chi connectivity index (χ1v) is 9.41. The minimum absolute atomic E-state index is 0.118. The Morgan fingerprint density at radius 2 is 2.19 bits per heavy atom. The summed E-state index contributed by atoms with van der Waals surface area (Å²) in [7, 11) is 0. The molecule has 3 aromatic rings. The van der Waals surface area contributed by atoms with Gasteiger partial charge in [0.1, 0.15) is 18.1 Å². The van der Waals surface area contributed by atoms with Crippen LogP contribution in [-0.4, -0.2) is 30.2 Å². The van der Waals surface area contributed by atoms with Gasteiger partial charge < -0.3 is 19.8 Å². The second kappa shape index (κ2) is 7.62. The molecule has 0 spiro atoms. The number of aryl methyl sites for hydroxylation is 1. The molecule has 27 heavy (non-hydrogen) atoms. The Morgan fingerprint density at radius 3 is 3.00 bits per heavy atom. The molecule has 4 rings (SSSR count). The maximum atomic E-state index is 12.7. The highest BCUT2D eigenvalue weighted by atomic mass is 35.5. The molecule has 1 aromatic heterocycles. The zero-order valence-corrected chi connectivity index (χ0v) is 15.8. The zero-order valence-electron chi connectivity index (χ0n) is 15.0. The van der Waals surface area contributed by atoms with E-state index in [1.54, 1.807) is 12.1 Å². The number of amides is 1. The Bertz CT molecular complexity index is 977. The molecule has 1 unspecified atom stereocenters. The van der Waals surface area contributed by atoms with Gasteiger partial charge in [0, 0.05) is 22.5 Å². The molecule has 1 atom stereocenters. The third-order valence-electron chi connectivity index (χ3n) is 4.66. The summed E-state index contributed by atoms with van der Waals surface area (Å²) in [6, 6.07) is 13.0. The molecular formula is C21H21ClN2O3. The number of aromatic amines is 1. The molecule has 0 radical (unpaired) electrons. The Balaban J connectivity index is 1.52. The number of H-pyrrole nitrogens is 1. The Kier molecular flexibility index (Phi) is 5.05. The van der Waals surface area contributed by atoms with E-state index < -0.39 is 0 Å². The maximum Gasteiger partial charge on any atom is 0.272 e. The van der Waals surface area contributed by atoms with Crippen molar-refractivity contribution < 1.29 is 14.3 Å². The van der Waals surface area contributed by atoms with Crippen LogP contribution >= 0.6 is 11.6 Å². The Morgan fingerprint density at radius 1 is 1.30 bits per heavy atom. The van der Waals surface area contributed by atoms with E-state index in [0.717, 1.165) is 35.9 Å². The standard InChI is InChI=1S/C21H21ClN2O3/c1-13-4-6-18(20(9-13)27-12-16-3-2-8-26-16)24-21(25)19-11-14-10-15(22)5-7-17(14)23-19/h4-7,9-11,16,23H,2-3,8,12H2,1H3,(H,24,25). The van der Waals surface area contributed by atoms with Gasteiger partial charge >= 0.3 is 0 Å². The molecule has 2 aromatic carbocycles. The molecule has 1 aliphatic rings. The van der Waals surface area contributed by atoms with Crippen LogP contribution in [0.4, 0.5) is 5.69 Å². The number of hydrogen-bond acceptors (Lipinski definition) is 3. The maximum absolute atomic E-state index is 12.7. The van der Waals surface area contributed by atoms with Crippen LogP contribution in [0, 0.1) is 6.92 Å². The lowest BCUT2D eigenvalue weighted by Crippen LogP contribution is -2.18. The molecule has 1 aliphatic heterocycles. The van der Waals surface area contributed by atoms with Gasteiger partial charge in [-0.1, -0.05) is 17.7 Å². The largest absolute Gasteiger partial charge is 0.489 e. The highest BCUT2D eigenvalue weighted by molar-refractivity contribution is 6.31. The average Bonchev–Trinajstić information content (AvgIpc) is 3.30. The number of benzene rings is 2. The normalized spacial score (nSPS) is 16.6. The van der Waals surface area contributed by atoms with Crippen molar-refractivity contribution in [2.24, 2.45) is 0 Å². The molecule has 1 amide bonds. The van der Waals surface area contributed by atoms with E-state index in [4.69, 9.17) is 21.1 Å². The van der Waals surface area contributed by atoms with Gasteiger partial charge in [0.05, 0.1) is 11.8 Å². The topological polar surface area (TPSA) is 63.4 Å². The van der Waals surface area contributed by atoms with Crippen molar-refractivity contribution in [1.29, 1.82) is 0 Å². The molecule has 0 bridgehead atoms. The Hall–Kier alpha value is -2.50. The molecule has 140 valence electrons. The summed E-state index contributed by atoms with van der Waals surface area (Å²) in [5, 5.41) is 4.47. The predicted molar refractivity (Wildman–Crippen MR) is 107 cm³/mol. The number of aromatic nitrogens is 1. The minimum atomic E-state index is -0.229. The summed E-state index contributed by atoms with van der Waals surface area (Å²) < 4.78 is 11.6. The molecule has 5 nitrogen and oxygen atoms in total. The van der Waals surface area contributed by atoms with Crippen LogP contribution in [0.15, 0.2) is 42.5 Å². The van der Waals surface area contributed by atoms with Crippen LogP contribution in [-0.2, 0) is 4.74 Å². The molecule has 0 aliphatic carbocycles. The summed E-state index contributed by atoms with van der Waals surface area (Å²) in [6.07, 6.45) is 2.19. The number of rotatable bonds is 5. The highest BCUT2D eigenvalue weighted by Gasteiger charge is 2.18. The highest BCUT2D eigenvalue weighted by Crippen LogP contribution is 2.28. The molecule has 2 N–H and O–H groups in total. The number of anilines is 1. The van der Waals surface area contributed by atoms with E-state index in [1.165, 1.54) is 0 Å². The van der Waals surface area contributed by atoms with Gasteiger partial charge in [0.2, 0.25) is 0 Å². The van der Waals surface area contributed by atoms with Crippen LogP contribution in [0.1, 0.15) is 28.9 Å². The summed E-state index contributed by atoms with van der Waals surface area (Å²) >= 11 is 6.02. The van der Waals surface area contributed by atoms with Crippen molar-refractivity contribution in [2.45, 2.75) is 25.9 Å². The fraction of sp³-hybridized carbons (Fsp3) is 0.286. The smallest absolute Gasteiger partial charge is 0.272 e. The molecule has 1 saturated heterocycles. The fourth-order valence-corrected chi connectivity index (χ4v) is 3.41. The van der Waals surface area contributed by atoms with Crippen LogP contribution < -0.4 is 10.1 Å². The molecule has 2 heterocycles. The van der Waals surface area contributed by atoms with Gasteiger partial charge in [0.25, 0.3) is 5.91 Å². The van der Waals surface area contributed by atoms with Crippen molar-refractivity contribution in [2.75, 3.05) is 18.5 Å². The number of carbonyl (C=O) groups excluding carboxylic acids is 1. The van der Waals surface area contributed by atoms with Crippen LogP contribution in [0.5, 0.6) is 5.75 Å². The van der Waals surface area contributed by atoms with Crippen molar-refractivity contribution in [3.63, 3.8) is 0 Å². The summed E-state index contributed by atoms with van der Waals surface area (Å²) in [5.74, 6) is 0.422. The lowest BCUT2D eigenvalue weighted by atomic mass is 10.2. The summed E-state index contributed by atoms with van der Waals surface area (Å²) in [5.41, 5.74) is 3.04. The monoisotopic (exact) mass is 384 g/mol. The SMILES string of the molecule is Cc1ccc(NC(=O)c2cc3cc(Cl)ccc3[nH]2)c(OCC2CCCO2)c1. The first-order chi connectivity index (χ1) is 13.1. The van der Waals surface area contributed by atoms with Crippen LogP contribution in [0.25, 0.3) is 10.9 Å². The second-order valence-electron chi connectivity index (χ2n) is 6.81. The first-order valence-electron chi connectivity index (χ1n) is 9.03. The number of fused-ring (bicyclic) bond motifs is 1. The predicted octanol–water partition coefficient (Wildman–Crippen LogP) is 4.94. The lowest BCUT2D eigenvalue weighted by molar-refractivity contribution is 0.0681. The number of nitrogens with one attached hydrogen (secondary N) is 2. The van der Waals surface area contributed by atoms with Gasteiger partial charge in [0.15, 0.2) is 0 Å². The summed E-state index contributed by atoms with van der Waals surface area (Å²) in [4.78, 5) is 15.8. The number of hydrogen-bond donors (Lipinski definition) is 2.